The molecule has 3 rings (SSSR count). The first-order valence-corrected chi connectivity index (χ1v) is 6.15. The summed E-state index contributed by atoms with van der Waals surface area (Å²) in [6, 6.07) is 3.75. The van der Waals surface area contributed by atoms with E-state index < -0.39 is 0 Å². The van der Waals surface area contributed by atoms with Gasteiger partial charge in [0.15, 0.2) is 0 Å². The standard InChI is InChI=1S/C13H16N4O/c14-12(18)17-8-4-13(5-9-17)3-7-16-11-10(13)2-1-6-15-11/h1-3,6-7H,4-5,8-9H2,(H2,14,18)(H,15,16). The number of allylic oxidation sites excluding steroid dienone is 1. The number of primary amides is 1. The maximum absolute atomic E-state index is 11.2. The van der Waals surface area contributed by atoms with E-state index >= 15 is 0 Å². The van der Waals surface area contributed by atoms with Gasteiger partial charge in [0.2, 0.25) is 0 Å². The number of amides is 2. The quantitative estimate of drug-likeness (QED) is 0.725. The normalized spacial score (nSPS) is 20.3. The predicted molar refractivity (Wildman–Crippen MR) is 69.1 cm³/mol. The van der Waals surface area contributed by atoms with Crippen molar-refractivity contribution in [1.29, 1.82) is 0 Å². The van der Waals surface area contributed by atoms with Gasteiger partial charge in [0.25, 0.3) is 0 Å². The minimum absolute atomic E-state index is 0.000787. The van der Waals surface area contributed by atoms with Gasteiger partial charge < -0.3 is 16.0 Å². The van der Waals surface area contributed by atoms with Crippen LogP contribution in [-0.4, -0.2) is 29.0 Å². The molecule has 5 heteroatoms. The number of carbonyl (C=O) groups excluding carboxylic acids is 1. The van der Waals surface area contributed by atoms with Gasteiger partial charge in [-0.25, -0.2) is 9.78 Å². The van der Waals surface area contributed by atoms with Crippen LogP contribution in [0.4, 0.5) is 10.6 Å². The van der Waals surface area contributed by atoms with Crippen LogP contribution in [0.2, 0.25) is 0 Å². The Morgan fingerprint density at radius 1 is 1.44 bits per heavy atom. The fraction of sp³-hybridized carbons (Fsp3) is 0.385. The largest absolute Gasteiger partial charge is 0.351 e. The van der Waals surface area contributed by atoms with Gasteiger partial charge in [-0.05, 0) is 25.1 Å². The number of nitrogens with zero attached hydrogens (tertiary/aromatic N) is 2. The van der Waals surface area contributed by atoms with Gasteiger partial charge >= 0.3 is 6.03 Å². The lowest BCUT2D eigenvalue weighted by atomic mass is 9.72. The highest BCUT2D eigenvalue weighted by molar-refractivity contribution is 5.72. The van der Waals surface area contributed by atoms with Crippen molar-refractivity contribution in [2.24, 2.45) is 5.73 Å². The lowest BCUT2D eigenvalue weighted by Gasteiger charge is -2.41. The number of pyridine rings is 1. The Kier molecular flexibility index (Phi) is 2.47. The highest BCUT2D eigenvalue weighted by Crippen LogP contribution is 2.41. The maximum atomic E-state index is 11.2. The number of rotatable bonds is 0. The molecule has 0 atom stereocenters. The van der Waals surface area contributed by atoms with Crippen molar-refractivity contribution in [3.05, 3.63) is 36.2 Å². The minimum Gasteiger partial charge on any atom is -0.351 e. The van der Waals surface area contributed by atoms with Crippen molar-refractivity contribution >= 4 is 11.8 Å². The Bertz CT molecular complexity index is 503. The van der Waals surface area contributed by atoms with Crippen LogP contribution in [0.3, 0.4) is 0 Å². The van der Waals surface area contributed by atoms with Gasteiger partial charge in [0.05, 0.1) is 0 Å². The van der Waals surface area contributed by atoms with Gasteiger partial charge in [-0.2, -0.15) is 0 Å². The number of carbonyl (C=O) groups is 1. The molecular formula is C13H16N4O. The summed E-state index contributed by atoms with van der Waals surface area (Å²) in [7, 11) is 0. The summed E-state index contributed by atoms with van der Waals surface area (Å²) in [6.07, 6.45) is 7.72. The molecule has 5 nitrogen and oxygen atoms in total. The first kappa shape index (κ1) is 11.1. The fourth-order valence-electron chi connectivity index (χ4n) is 2.85. The van der Waals surface area contributed by atoms with Gasteiger partial charge in [0.1, 0.15) is 5.82 Å². The van der Waals surface area contributed by atoms with E-state index in [0.717, 1.165) is 18.7 Å². The second kappa shape index (κ2) is 4.01. The van der Waals surface area contributed by atoms with E-state index in [0.29, 0.717) is 13.1 Å². The Labute approximate surface area is 106 Å². The molecule has 0 radical (unpaired) electrons. The first-order chi connectivity index (χ1) is 8.71. The van der Waals surface area contributed by atoms with E-state index in [1.807, 2.05) is 12.3 Å². The van der Waals surface area contributed by atoms with Crippen LogP contribution < -0.4 is 11.1 Å². The molecule has 2 aliphatic heterocycles. The number of piperidine rings is 1. The van der Waals surface area contributed by atoms with Crippen molar-refractivity contribution in [2.45, 2.75) is 18.3 Å². The average Bonchev–Trinajstić information content (AvgIpc) is 2.40. The molecule has 0 saturated carbocycles. The summed E-state index contributed by atoms with van der Waals surface area (Å²) < 4.78 is 0. The van der Waals surface area contributed by atoms with Crippen LogP contribution >= 0.6 is 0 Å². The number of hydrogen-bond acceptors (Lipinski definition) is 3. The van der Waals surface area contributed by atoms with Crippen molar-refractivity contribution in [3.8, 4) is 0 Å². The Morgan fingerprint density at radius 2 is 2.22 bits per heavy atom. The predicted octanol–water partition coefficient (Wildman–Crippen LogP) is 1.43. The zero-order chi connectivity index (χ0) is 12.6. The molecule has 1 spiro atoms. The van der Waals surface area contributed by atoms with Crippen molar-refractivity contribution in [2.75, 3.05) is 18.4 Å². The molecule has 94 valence electrons. The van der Waals surface area contributed by atoms with Crippen molar-refractivity contribution < 1.29 is 4.79 Å². The molecule has 2 aliphatic rings. The van der Waals surface area contributed by atoms with Gasteiger partial charge in [-0.15, -0.1) is 0 Å². The molecule has 3 heterocycles. The van der Waals surface area contributed by atoms with Gasteiger partial charge in [-0.1, -0.05) is 12.1 Å². The maximum Gasteiger partial charge on any atom is 0.314 e. The third-order valence-corrected chi connectivity index (χ3v) is 3.93. The second-order valence-electron chi connectivity index (χ2n) is 4.86. The third-order valence-electron chi connectivity index (χ3n) is 3.93. The minimum atomic E-state index is -0.325. The van der Waals surface area contributed by atoms with Crippen LogP contribution in [-0.2, 0) is 5.41 Å². The smallest absolute Gasteiger partial charge is 0.314 e. The van der Waals surface area contributed by atoms with Crippen LogP contribution in [0, 0.1) is 0 Å². The molecule has 0 aromatic carbocycles. The third kappa shape index (κ3) is 1.63. The number of hydrogen-bond donors (Lipinski definition) is 2. The molecule has 1 fully saturated rings. The van der Waals surface area contributed by atoms with E-state index in [1.54, 1.807) is 11.1 Å². The molecule has 0 unspecified atom stereocenters. The van der Waals surface area contributed by atoms with E-state index in [1.165, 1.54) is 5.56 Å². The molecule has 18 heavy (non-hydrogen) atoms. The summed E-state index contributed by atoms with van der Waals surface area (Å²) in [5.74, 6) is 0.924. The van der Waals surface area contributed by atoms with Crippen LogP contribution in [0.15, 0.2) is 30.6 Å². The monoisotopic (exact) mass is 244 g/mol. The van der Waals surface area contributed by atoms with Crippen LogP contribution in [0.1, 0.15) is 18.4 Å². The molecule has 1 aromatic heterocycles. The zero-order valence-corrected chi connectivity index (χ0v) is 10.1. The summed E-state index contributed by atoms with van der Waals surface area (Å²) in [5.41, 5.74) is 6.54. The molecule has 1 saturated heterocycles. The molecule has 1 aromatic rings. The number of nitrogens with one attached hydrogen (secondary N) is 1. The summed E-state index contributed by atoms with van der Waals surface area (Å²) >= 11 is 0. The number of nitrogens with two attached hydrogens (primary N) is 1. The zero-order valence-electron chi connectivity index (χ0n) is 10.1. The summed E-state index contributed by atoms with van der Waals surface area (Å²) in [5, 5.41) is 3.17. The van der Waals surface area contributed by atoms with Crippen molar-refractivity contribution in [1.82, 2.24) is 9.88 Å². The van der Waals surface area contributed by atoms with E-state index in [4.69, 9.17) is 5.73 Å². The van der Waals surface area contributed by atoms with Crippen LogP contribution in [0.25, 0.3) is 0 Å². The Morgan fingerprint density at radius 3 is 2.94 bits per heavy atom. The second-order valence-corrected chi connectivity index (χ2v) is 4.86. The average molecular weight is 244 g/mol. The Balaban J connectivity index is 1.90. The Hall–Kier alpha value is -2.04. The molecule has 0 aliphatic carbocycles. The summed E-state index contributed by atoms with van der Waals surface area (Å²) in [6.45, 7) is 1.40. The topological polar surface area (TPSA) is 71.2 Å². The van der Waals surface area contributed by atoms with E-state index in [9.17, 15) is 4.79 Å². The highest BCUT2D eigenvalue weighted by atomic mass is 16.2. The fourth-order valence-corrected chi connectivity index (χ4v) is 2.85. The number of anilines is 1. The lowest BCUT2D eigenvalue weighted by Crippen LogP contribution is -2.47. The van der Waals surface area contributed by atoms with E-state index in [2.05, 4.69) is 22.4 Å². The summed E-state index contributed by atoms with van der Waals surface area (Å²) in [4.78, 5) is 17.2. The van der Waals surface area contributed by atoms with Gasteiger partial charge in [-0.3, -0.25) is 0 Å². The highest BCUT2D eigenvalue weighted by Gasteiger charge is 2.38. The first-order valence-electron chi connectivity index (χ1n) is 6.15. The number of urea groups is 1. The van der Waals surface area contributed by atoms with Gasteiger partial charge in [0, 0.05) is 30.3 Å². The number of fused-ring (bicyclic) bond motifs is 2. The van der Waals surface area contributed by atoms with Crippen LogP contribution in [0.5, 0.6) is 0 Å². The molecule has 3 N–H and O–H groups in total. The number of aromatic nitrogens is 1. The molecule has 0 bridgehead atoms. The van der Waals surface area contributed by atoms with E-state index in [-0.39, 0.29) is 11.4 Å². The van der Waals surface area contributed by atoms with Crippen molar-refractivity contribution in [3.63, 3.8) is 0 Å². The number of likely N-dealkylation sites (tertiary alicyclic amines) is 1. The molecule has 2 amide bonds. The molecular weight excluding hydrogens is 228 g/mol. The lowest BCUT2D eigenvalue weighted by molar-refractivity contribution is 0.178. The SMILES string of the molecule is NC(=O)N1CCC2(C=CNc3ncccc32)CC1.